The van der Waals surface area contributed by atoms with Crippen LogP contribution in [0, 0.1) is 5.82 Å². The number of carbonyl (C=O) groups excluding carboxylic acids is 1. The summed E-state index contributed by atoms with van der Waals surface area (Å²) in [6.45, 7) is 5.65. The van der Waals surface area contributed by atoms with Crippen molar-refractivity contribution in [1.29, 1.82) is 0 Å². The summed E-state index contributed by atoms with van der Waals surface area (Å²) in [7, 11) is 0. The van der Waals surface area contributed by atoms with Crippen molar-refractivity contribution >= 4 is 11.6 Å². The van der Waals surface area contributed by atoms with E-state index in [1.807, 2.05) is 13.8 Å². The second-order valence-corrected chi connectivity index (χ2v) is 4.47. The van der Waals surface area contributed by atoms with Gasteiger partial charge in [-0.2, -0.15) is 0 Å². The fourth-order valence-electron chi connectivity index (χ4n) is 1.65. The molecule has 0 heterocycles. The van der Waals surface area contributed by atoms with Crippen LogP contribution in [0.15, 0.2) is 18.2 Å². The number of nitrogen functional groups attached to an aromatic ring is 1. The van der Waals surface area contributed by atoms with E-state index in [9.17, 15) is 9.18 Å². The van der Waals surface area contributed by atoms with Gasteiger partial charge in [-0.3, -0.25) is 4.79 Å². The van der Waals surface area contributed by atoms with Crippen molar-refractivity contribution in [2.24, 2.45) is 0 Å². The van der Waals surface area contributed by atoms with Crippen LogP contribution in [-0.2, 0) is 4.79 Å². The van der Waals surface area contributed by atoms with Gasteiger partial charge in [0.25, 0.3) is 5.91 Å². The molecule has 0 radical (unpaired) electrons. The fraction of sp³-hybridized carbons (Fsp3) is 0.500. The van der Waals surface area contributed by atoms with Crippen LogP contribution in [0.2, 0.25) is 0 Å². The molecule has 106 valence electrons. The van der Waals surface area contributed by atoms with E-state index in [-0.39, 0.29) is 17.6 Å². The minimum absolute atomic E-state index is 0.0569. The van der Waals surface area contributed by atoms with Gasteiger partial charge < -0.3 is 15.8 Å². The highest BCUT2D eigenvalue weighted by molar-refractivity contribution is 5.81. The largest absolute Gasteiger partial charge is 0.481 e. The average Bonchev–Trinajstić information content (AvgIpc) is 2.39. The number of halogens is 1. The lowest BCUT2D eigenvalue weighted by molar-refractivity contribution is -0.128. The highest BCUT2D eigenvalue weighted by Crippen LogP contribution is 2.19. The predicted molar refractivity (Wildman–Crippen MR) is 73.4 cm³/mol. The van der Waals surface area contributed by atoms with E-state index in [0.29, 0.717) is 5.75 Å². The molecule has 4 nitrogen and oxygen atoms in total. The van der Waals surface area contributed by atoms with Crippen molar-refractivity contribution < 1.29 is 13.9 Å². The zero-order valence-corrected chi connectivity index (χ0v) is 11.6. The van der Waals surface area contributed by atoms with Gasteiger partial charge in [-0.15, -0.1) is 0 Å². The van der Waals surface area contributed by atoms with Gasteiger partial charge in [0.05, 0.1) is 5.69 Å². The molecule has 1 unspecified atom stereocenters. The molecule has 5 heteroatoms. The number of benzene rings is 1. The van der Waals surface area contributed by atoms with Crippen LogP contribution in [0.5, 0.6) is 5.75 Å². The number of anilines is 1. The fourth-order valence-corrected chi connectivity index (χ4v) is 1.65. The molecule has 1 rings (SSSR count). The van der Waals surface area contributed by atoms with E-state index in [1.54, 1.807) is 13.0 Å². The van der Waals surface area contributed by atoms with Crippen LogP contribution in [-0.4, -0.2) is 18.1 Å². The van der Waals surface area contributed by atoms with Gasteiger partial charge in [0.15, 0.2) is 6.10 Å². The number of amides is 1. The molecular formula is C14H21FN2O2. The van der Waals surface area contributed by atoms with Crippen molar-refractivity contribution in [3.05, 3.63) is 24.0 Å². The third-order valence-electron chi connectivity index (χ3n) is 2.99. The summed E-state index contributed by atoms with van der Waals surface area (Å²) < 4.78 is 18.6. The Morgan fingerprint density at radius 1 is 1.42 bits per heavy atom. The van der Waals surface area contributed by atoms with E-state index in [2.05, 4.69) is 5.32 Å². The summed E-state index contributed by atoms with van der Waals surface area (Å²) in [5.74, 6) is -0.463. The lowest BCUT2D eigenvalue weighted by atomic mass is 10.1. The Hall–Kier alpha value is -1.78. The van der Waals surface area contributed by atoms with Crippen molar-refractivity contribution in [2.45, 2.75) is 45.8 Å². The summed E-state index contributed by atoms with van der Waals surface area (Å²) in [6, 6.07) is 4.27. The Labute approximate surface area is 113 Å². The molecule has 1 atom stereocenters. The molecule has 0 aliphatic rings. The molecule has 0 bridgehead atoms. The number of hydrogen-bond donors (Lipinski definition) is 2. The summed E-state index contributed by atoms with van der Waals surface area (Å²) >= 11 is 0. The molecule has 0 aliphatic heterocycles. The first kappa shape index (κ1) is 15.3. The molecule has 0 aliphatic carbocycles. The molecule has 1 aromatic rings. The molecule has 1 aromatic carbocycles. The van der Waals surface area contributed by atoms with Crippen LogP contribution in [0.3, 0.4) is 0 Å². The number of rotatable bonds is 6. The van der Waals surface area contributed by atoms with Crippen molar-refractivity contribution in [2.75, 3.05) is 5.73 Å². The van der Waals surface area contributed by atoms with Crippen LogP contribution in [0.25, 0.3) is 0 Å². The Balaban J connectivity index is 2.60. The second-order valence-electron chi connectivity index (χ2n) is 4.47. The molecule has 0 aromatic heterocycles. The van der Waals surface area contributed by atoms with E-state index in [4.69, 9.17) is 10.5 Å². The van der Waals surface area contributed by atoms with Gasteiger partial charge in [-0.05, 0) is 31.9 Å². The molecule has 3 N–H and O–H groups in total. The lowest BCUT2D eigenvalue weighted by Gasteiger charge is -2.19. The maximum absolute atomic E-state index is 13.2. The molecule has 0 fully saturated rings. The second kappa shape index (κ2) is 6.97. The standard InChI is InChI=1S/C14H21FN2O2/c1-4-10(5-2)17-14(18)9(3)19-11-6-7-13(16)12(15)8-11/h6-10H,4-5,16H2,1-3H3,(H,17,18). The van der Waals surface area contributed by atoms with Gasteiger partial charge in [-0.1, -0.05) is 13.8 Å². The lowest BCUT2D eigenvalue weighted by Crippen LogP contribution is -2.42. The highest BCUT2D eigenvalue weighted by atomic mass is 19.1. The molecule has 19 heavy (non-hydrogen) atoms. The topological polar surface area (TPSA) is 64.3 Å². The minimum Gasteiger partial charge on any atom is -0.481 e. The average molecular weight is 268 g/mol. The Bertz CT molecular complexity index is 433. The first-order valence-electron chi connectivity index (χ1n) is 6.50. The summed E-state index contributed by atoms with van der Waals surface area (Å²) in [5.41, 5.74) is 5.43. The number of carbonyl (C=O) groups is 1. The van der Waals surface area contributed by atoms with E-state index in [0.717, 1.165) is 12.8 Å². The summed E-state index contributed by atoms with van der Waals surface area (Å²) in [6.07, 6.45) is 1.06. The smallest absolute Gasteiger partial charge is 0.260 e. The van der Waals surface area contributed by atoms with Crippen LogP contribution >= 0.6 is 0 Å². The van der Waals surface area contributed by atoms with Gasteiger partial charge in [0.1, 0.15) is 11.6 Å². The Kier molecular flexibility index (Phi) is 5.60. The Morgan fingerprint density at radius 2 is 2.05 bits per heavy atom. The third kappa shape index (κ3) is 4.43. The van der Waals surface area contributed by atoms with Gasteiger partial charge in [0.2, 0.25) is 0 Å². The third-order valence-corrected chi connectivity index (χ3v) is 2.99. The van der Waals surface area contributed by atoms with Crippen molar-refractivity contribution in [1.82, 2.24) is 5.32 Å². The number of nitrogens with two attached hydrogens (primary N) is 1. The first-order chi connectivity index (χ1) is 8.97. The van der Waals surface area contributed by atoms with Crippen molar-refractivity contribution in [3.63, 3.8) is 0 Å². The number of hydrogen-bond acceptors (Lipinski definition) is 3. The zero-order valence-electron chi connectivity index (χ0n) is 11.6. The molecule has 0 saturated heterocycles. The predicted octanol–water partition coefficient (Wildman–Crippen LogP) is 2.48. The summed E-state index contributed by atoms with van der Waals surface area (Å²) in [4.78, 5) is 11.9. The maximum atomic E-state index is 13.2. The van der Waals surface area contributed by atoms with E-state index in [1.165, 1.54) is 12.1 Å². The van der Waals surface area contributed by atoms with Gasteiger partial charge in [-0.25, -0.2) is 4.39 Å². The molecular weight excluding hydrogens is 247 g/mol. The molecule has 1 amide bonds. The minimum atomic E-state index is -0.677. The molecule has 0 spiro atoms. The van der Waals surface area contributed by atoms with Gasteiger partial charge in [0, 0.05) is 12.1 Å². The van der Waals surface area contributed by atoms with Crippen molar-refractivity contribution in [3.8, 4) is 5.75 Å². The van der Waals surface area contributed by atoms with Gasteiger partial charge >= 0.3 is 0 Å². The van der Waals surface area contributed by atoms with E-state index >= 15 is 0 Å². The van der Waals surface area contributed by atoms with Crippen LogP contribution in [0.4, 0.5) is 10.1 Å². The zero-order chi connectivity index (χ0) is 14.4. The Morgan fingerprint density at radius 3 is 2.58 bits per heavy atom. The quantitative estimate of drug-likeness (QED) is 0.779. The van der Waals surface area contributed by atoms with Crippen LogP contribution in [0.1, 0.15) is 33.6 Å². The first-order valence-corrected chi connectivity index (χ1v) is 6.50. The molecule has 0 saturated carbocycles. The SMILES string of the molecule is CCC(CC)NC(=O)C(C)Oc1ccc(N)c(F)c1. The highest BCUT2D eigenvalue weighted by Gasteiger charge is 2.17. The monoisotopic (exact) mass is 268 g/mol. The normalized spacial score (nSPS) is 12.3. The number of ether oxygens (including phenoxy) is 1. The van der Waals surface area contributed by atoms with E-state index < -0.39 is 11.9 Å². The maximum Gasteiger partial charge on any atom is 0.260 e. The number of nitrogens with one attached hydrogen (secondary N) is 1. The van der Waals surface area contributed by atoms with Crippen LogP contribution < -0.4 is 15.8 Å². The summed E-state index contributed by atoms with van der Waals surface area (Å²) in [5, 5.41) is 2.88.